The van der Waals surface area contributed by atoms with Gasteiger partial charge in [0, 0.05) is 23.6 Å². The van der Waals surface area contributed by atoms with Gasteiger partial charge in [0.05, 0.1) is 5.69 Å². The Morgan fingerprint density at radius 1 is 1.08 bits per heavy atom. The monoisotopic (exact) mass is 359 g/mol. The lowest BCUT2D eigenvalue weighted by atomic mass is 10.0. The number of hydrogen-bond acceptors (Lipinski definition) is 4. The van der Waals surface area contributed by atoms with Crippen LogP contribution in [0.2, 0.25) is 0 Å². The molecule has 0 fully saturated rings. The molecular weight excluding hydrogens is 342 g/mol. The van der Waals surface area contributed by atoms with Gasteiger partial charge in [0.15, 0.2) is 0 Å². The van der Waals surface area contributed by atoms with Crippen LogP contribution >= 0.6 is 11.3 Å². The van der Waals surface area contributed by atoms with Crippen LogP contribution < -0.4 is 5.32 Å². The van der Waals surface area contributed by atoms with Gasteiger partial charge in [0.25, 0.3) is 5.91 Å². The number of rotatable bonds is 4. The van der Waals surface area contributed by atoms with Crippen molar-refractivity contribution in [1.82, 2.24) is 9.97 Å². The summed E-state index contributed by atoms with van der Waals surface area (Å²) in [4.78, 5) is 22.5. The molecule has 0 saturated carbocycles. The molecule has 0 bridgehead atoms. The van der Waals surface area contributed by atoms with Crippen molar-refractivity contribution in [3.8, 4) is 10.6 Å². The molecule has 4 nitrogen and oxygen atoms in total. The Morgan fingerprint density at radius 3 is 2.69 bits per heavy atom. The Hall–Kier alpha value is -3.05. The molecule has 5 heteroatoms. The molecule has 3 aromatic rings. The SMILES string of the molecule is O=C(Nc1ccccc1)c1sc(-c2cccnc2)nc1C1=CCCC=C1. The van der Waals surface area contributed by atoms with E-state index in [1.807, 2.05) is 48.5 Å². The molecule has 1 N–H and O–H groups in total. The molecule has 0 aliphatic heterocycles. The van der Waals surface area contributed by atoms with Gasteiger partial charge in [-0.3, -0.25) is 9.78 Å². The summed E-state index contributed by atoms with van der Waals surface area (Å²) in [6, 6.07) is 13.3. The molecular formula is C21H17N3OS. The Labute approximate surface area is 156 Å². The van der Waals surface area contributed by atoms with Crippen LogP contribution in [0, 0.1) is 0 Å². The van der Waals surface area contributed by atoms with E-state index >= 15 is 0 Å². The highest BCUT2D eigenvalue weighted by atomic mass is 32.1. The first kappa shape index (κ1) is 16.4. The number of amides is 1. The highest BCUT2D eigenvalue weighted by Crippen LogP contribution is 2.33. The van der Waals surface area contributed by atoms with Crippen LogP contribution in [0.15, 0.2) is 73.1 Å². The predicted octanol–water partition coefficient (Wildman–Crippen LogP) is 5.19. The first-order chi connectivity index (χ1) is 12.8. The molecule has 0 spiro atoms. The second-order valence-corrected chi connectivity index (χ2v) is 6.90. The van der Waals surface area contributed by atoms with E-state index in [2.05, 4.69) is 22.5 Å². The van der Waals surface area contributed by atoms with Gasteiger partial charge in [-0.1, -0.05) is 36.4 Å². The number of nitrogens with zero attached hydrogens (tertiary/aromatic N) is 2. The summed E-state index contributed by atoms with van der Waals surface area (Å²) in [6.45, 7) is 0. The molecule has 2 aromatic heterocycles. The van der Waals surface area contributed by atoms with Crippen molar-refractivity contribution >= 4 is 28.5 Å². The molecule has 4 rings (SSSR count). The Balaban J connectivity index is 1.74. The third kappa shape index (κ3) is 3.48. The van der Waals surface area contributed by atoms with Gasteiger partial charge in [-0.05, 0) is 42.7 Å². The maximum absolute atomic E-state index is 12.9. The highest BCUT2D eigenvalue weighted by molar-refractivity contribution is 7.17. The maximum Gasteiger partial charge on any atom is 0.268 e. The van der Waals surface area contributed by atoms with E-state index in [1.165, 1.54) is 11.3 Å². The van der Waals surface area contributed by atoms with E-state index in [1.54, 1.807) is 12.4 Å². The number of allylic oxidation sites excluding steroid dienone is 4. The highest BCUT2D eigenvalue weighted by Gasteiger charge is 2.21. The molecule has 2 heterocycles. The van der Waals surface area contributed by atoms with Crippen LogP contribution in [-0.2, 0) is 0 Å². The van der Waals surface area contributed by atoms with Gasteiger partial charge in [-0.25, -0.2) is 4.98 Å². The number of anilines is 1. The van der Waals surface area contributed by atoms with Gasteiger partial charge in [-0.2, -0.15) is 0 Å². The predicted molar refractivity (Wildman–Crippen MR) is 106 cm³/mol. The second kappa shape index (κ2) is 7.45. The lowest BCUT2D eigenvalue weighted by Gasteiger charge is -2.07. The molecule has 0 unspecified atom stereocenters. The number of hydrogen-bond donors (Lipinski definition) is 1. The number of pyridine rings is 1. The van der Waals surface area contributed by atoms with Crippen molar-refractivity contribution in [2.75, 3.05) is 5.32 Å². The molecule has 0 radical (unpaired) electrons. The van der Waals surface area contributed by atoms with Crippen LogP contribution in [0.5, 0.6) is 0 Å². The number of benzene rings is 1. The summed E-state index contributed by atoms with van der Waals surface area (Å²) in [5, 5.41) is 3.76. The minimum atomic E-state index is -0.140. The van der Waals surface area contributed by atoms with Crippen LogP contribution in [0.25, 0.3) is 16.1 Å². The normalized spacial score (nSPS) is 13.3. The topological polar surface area (TPSA) is 54.9 Å². The van der Waals surface area contributed by atoms with Crippen molar-refractivity contribution in [1.29, 1.82) is 0 Å². The van der Waals surface area contributed by atoms with E-state index in [4.69, 9.17) is 4.98 Å². The van der Waals surface area contributed by atoms with E-state index in [-0.39, 0.29) is 5.91 Å². The summed E-state index contributed by atoms with van der Waals surface area (Å²) in [6.07, 6.45) is 11.8. The van der Waals surface area contributed by atoms with Gasteiger partial charge in [0.2, 0.25) is 0 Å². The molecule has 1 aliphatic carbocycles. The molecule has 1 aromatic carbocycles. The molecule has 128 valence electrons. The van der Waals surface area contributed by atoms with E-state index in [0.717, 1.165) is 40.4 Å². The number of carbonyl (C=O) groups excluding carboxylic acids is 1. The summed E-state index contributed by atoms with van der Waals surface area (Å²) < 4.78 is 0. The largest absolute Gasteiger partial charge is 0.321 e. The number of thiazole rings is 1. The molecule has 1 amide bonds. The third-order valence-electron chi connectivity index (χ3n) is 4.04. The van der Waals surface area contributed by atoms with Crippen LogP contribution in [-0.4, -0.2) is 15.9 Å². The Morgan fingerprint density at radius 2 is 1.96 bits per heavy atom. The minimum absolute atomic E-state index is 0.140. The fourth-order valence-electron chi connectivity index (χ4n) is 2.78. The van der Waals surface area contributed by atoms with Crippen molar-refractivity contribution in [2.45, 2.75) is 12.8 Å². The second-order valence-electron chi connectivity index (χ2n) is 5.90. The number of aromatic nitrogens is 2. The third-order valence-corrected chi connectivity index (χ3v) is 5.15. The Bertz CT molecular complexity index is 975. The quantitative estimate of drug-likeness (QED) is 0.697. The summed E-state index contributed by atoms with van der Waals surface area (Å²) in [7, 11) is 0. The summed E-state index contributed by atoms with van der Waals surface area (Å²) >= 11 is 1.40. The van der Waals surface area contributed by atoms with Gasteiger partial charge < -0.3 is 5.32 Å². The summed E-state index contributed by atoms with van der Waals surface area (Å²) in [5.41, 5.74) is 3.42. The lowest BCUT2D eigenvalue weighted by Crippen LogP contribution is -2.12. The zero-order valence-corrected chi connectivity index (χ0v) is 14.9. The van der Waals surface area contributed by atoms with Crippen molar-refractivity contribution in [3.63, 3.8) is 0 Å². The molecule has 0 saturated heterocycles. The van der Waals surface area contributed by atoms with Gasteiger partial charge >= 0.3 is 0 Å². The molecule has 0 atom stereocenters. The maximum atomic E-state index is 12.9. The number of carbonyl (C=O) groups is 1. The van der Waals surface area contributed by atoms with E-state index in [0.29, 0.717) is 4.88 Å². The molecule has 1 aliphatic rings. The summed E-state index contributed by atoms with van der Waals surface area (Å²) in [5.74, 6) is -0.140. The van der Waals surface area contributed by atoms with Crippen molar-refractivity contribution < 1.29 is 4.79 Å². The zero-order chi connectivity index (χ0) is 17.8. The van der Waals surface area contributed by atoms with Crippen LogP contribution in [0.4, 0.5) is 5.69 Å². The zero-order valence-electron chi connectivity index (χ0n) is 14.1. The smallest absolute Gasteiger partial charge is 0.268 e. The Kier molecular flexibility index (Phi) is 4.71. The standard InChI is InChI=1S/C21H17N3OS/c25-20(23-17-11-5-2-6-12-17)19-18(15-8-3-1-4-9-15)24-21(26-19)16-10-7-13-22-14-16/h2-3,5-14H,1,4H2,(H,23,25). The van der Waals surface area contributed by atoms with Crippen LogP contribution in [0.3, 0.4) is 0 Å². The number of para-hydroxylation sites is 1. The van der Waals surface area contributed by atoms with Crippen LogP contribution in [0.1, 0.15) is 28.2 Å². The van der Waals surface area contributed by atoms with Crippen molar-refractivity contribution in [3.05, 3.63) is 83.7 Å². The minimum Gasteiger partial charge on any atom is -0.321 e. The van der Waals surface area contributed by atoms with Gasteiger partial charge in [-0.15, -0.1) is 11.3 Å². The average molecular weight is 359 g/mol. The van der Waals surface area contributed by atoms with Crippen molar-refractivity contribution in [2.24, 2.45) is 0 Å². The first-order valence-corrected chi connectivity index (χ1v) is 9.27. The van der Waals surface area contributed by atoms with E-state index in [9.17, 15) is 4.79 Å². The lowest BCUT2D eigenvalue weighted by molar-refractivity contribution is 0.103. The first-order valence-electron chi connectivity index (χ1n) is 8.46. The fraction of sp³-hybridized carbons (Fsp3) is 0.0952. The number of nitrogens with one attached hydrogen (secondary N) is 1. The van der Waals surface area contributed by atoms with Gasteiger partial charge in [0.1, 0.15) is 9.88 Å². The average Bonchev–Trinajstić information content (AvgIpc) is 3.16. The van der Waals surface area contributed by atoms with E-state index < -0.39 is 0 Å². The fourth-order valence-corrected chi connectivity index (χ4v) is 3.75. The molecule has 26 heavy (non-hydrogen) atoms.